The molecule has 0 atom stereocenters. The Bertz CT molecular complexity index is 1130. The average molecular weight is 373 g/mol. The molecule has 7 heteroatoms. The Labute approximate surface area is 161 Å². The molecule has 4 rings (SSSR count). The zero-order chi connectivity index (χ0) is 19.5. The molecule has 0 aliphatic heterocycles. The smallest absolute Gasteiger partial charge is 0.247 e. The van der Waals surface area contributed by atoms with Crippen LogP contribution in [0.25, 0.3) is 16.9 Å². The second kappa shape index (κ2) is 7.40. The first-order chi connectivity index (χ1) is 13.7. The average Bonchev–Trinajstić information content (AvgIpc) is 3.16. The van der Waals surface area contributed by atoms with Gasteiger partial charge >= 0.3 is 0 Å². The number of fused-ring (bicyclic) bond motifs is 1. The van der Waals surface area contributed by atoms with Crippen LogP contribution in [-0.4, -0.2) is 32.6 Å². The van der Waals surface area contributed by atoms with Crippen LogP contribution in [0.3, 0.4) is 0 Å². The predicted molar refractivity (Wildman–Crippen MR) is 109 cm³/mol. The summed E-state index contributed by atoms with van der Waals surface area (Å²) in [6.07, 6.45) is 0. The van der Waals surface area contributed by atoms with Gasteiger partial charge in [0.25, 0.3) is 0 Å². The lowest BCUT2D eigenvalue weighted by molar-refractivity contribution is 0.319. The summed E-state index contributed by atoms with van der Waals surface area (Å²) in [5.41, 5.74) is 4.95. The Kier molecular flexibility index (Phi) is 4.63. The molecule has 0 aliphatic carbocycles. The maximum atomic E-state index is 8.87. The molecule has 0 fully saturated rings. The minimum atomic E-state index is 0.501. The van der Waals surface area contributed by atoms with Gasteiger partial charge in [0.2, 0.25) is 5.95 Å². The highest BCUT2D eigenvalue weighted by Crippen LogP contribution is 2.24. The minimum Gasteiger partial charge on any atom is -0.497 e. The Hall–Kier alpha value is -3.87. The summed E-state index contributed by atoms with van der Waals surface area (Å²) in [6, 6.07) is 21.2. The summed E-state index contributed by atoms with van der Waals surface area (Å²) in [5.74, 6) is 1.31. The molecule has 2 N–H and O–H groups in total. The number of benzene rings is 2. The van der Waals surface area contributed by atoms with Gasteiger partial charge in [-0.25, -0.2) is 4.52 Å². The molecule has 0 bridgehead atoms. The van der Waals surface area contributed by atoms with Crippen LogP contribution in [0, 0.1) is 0 Å². The number of nitrogens with zero attached hydrogens (tertiary/aromatic N) is 4. The van der Waals surface area contributed by atoms with Crippen molar-refractivity contribution in [2.45, 2.75) is 6.92 Å². The number of anilines is 2. The van der Waals surface area contributed by atoms with E-state index in [0.29, 0.717) is 11.7 Å². The topological polar surface area (TPSA) is 84.0 Å². The molecule has 4 aromatic rings. The quantitative estimate of drug-likeness (QED) is 0.309. The highest BCUT2D eigenvalue weighted by molar-refractivity contribution is 5.98. The van der Waals surface area contributed by atoms with Gasteiger partial charge in [-0.05, 0) is 61.0 Å². The van der Waals surface area contributed by atoms with E-state index in [2.05, 4.69) is 20.6 Å². The zero-order valence-corrected chi connectivity index (χ0v) is 15.5. The summed E-state index contributed by atoms with van der Waals surface area (Å²) < 4.78 is 7.03. The molecular weight excluding hydrogens is 354 g/mol. The van der Waals surface area contributed by atoms with Crippen molar-refractivity contribution >= 4 is 23.0 Å². The van der Waals surface area contributed by atoms with Gasteiger partial charge in [0, 0.05) is 11.3 Å². The number of oxime groups is 1. The third-order valence-corrected chi connectivity index (χ3v) is 4.45. The summed E-state index contributed by atoms with van der Waals surface area (Å²) in [7, 11) is 1.65. The molecule has 0 saturated carbocycles. The maximum absolute atomic E-state index is 8.87. The second-order valence-corrected chi connectivity index (χ2v) is 6.23. The van der Waals surface area contributed by atoms with E-state index >= 15 is 0 Å². The minimum absolute atomic E-state index is 0.501. The molecule has 0 radical (unpaired) electrons. The summed E-state index contributed by atoms with van der Waals surface area (Å²) in [6.45, 7) is 1.74. The normalized spacial score (nSPS) is 11.6. The highest BCUT2D eigenvalue weighted by Gasteiger charge is 2.09. The van der Waals surface area contributed by atoms with Crippen LogP contribution < -0.4 is 10.1 Å². The van der Waals surface area contributed by atoms with Gasteiger partial charge in [0.1, 0.15) is 5.75 Å². The first kappa shape index (κ1) is 17.5. The van der Waals surface area contributed by atoms with Crippen LogP contribution in [-0.2, 0) is 0 Å². The molecule has 28 heavy (non-hydrogen) atoms. The fraction of sp³-hybridized carbons (Fsp3) is 0.0952. The lowest BCUT2D eigenvalue weighted by atomic mass is 10.1. The summed E-state index contributed by atoms with van der Waals surface area (Å²) in [5, 5.41) is 19.9. The van der Waals surface area contributed by atoms with Crippen molar-refractivity contribution in [3.8, 4) is 17.0 Å². The highest BCUT2D eigenvalue weighted by atomic mass is 16.5. The zero-order valence-electron chi connectivity index (χ0n) is 15.5. The first-order valence-corrected chi connectivity index (χ1v) is 8.74. The van der Waals surface area contributed by atoms with Gasteiger partial charge in [-0.15, -0.1) is 5.10 Å². The number of rotatable bonds is 5. The van der Waals surface area contributed by atoms with E-state index in [1.54, 1.807) is 18.5 Å². The molecule has 0 saturated heterocycles. The first-order valence-electron chi connectivity index (χ1n) is 8.74. The molecule has 2 aromatic carbocycles. The van der Waals surface area contributed by atoms with Crippen molar-refractivity contribution < 1.29 is 9.94 Å². The van der Waals surface area contributed by atoms with Gasteiger partial charge in [-0.2, -0.15) is 4.98 Å². The number of hydrogen-bond donors (Lipinski definition) is 2. The van der Waals surface area contributed by atoms with Crippen molar-refractivity contribution in [2.24, 2.45) is 5.16 Å². The van der Waals surface area contributed by atoms with Gasteiger partial charge in [0.05, 0.1) is 18.5 Å². The Morgan fingerprint density at radius 2 is 1.79 bits per heavy atom. The summed E-state index contributed by atoms with van der Waals surface area (Å²) in [4.78, 5) is 4.55. The number of nitrogens with one attached hydrogen (secondary N) is 1. The Morgan fingerprint density at radius 3 is 2.46 bits per heavy atom. The molecule has 0 amide bonds. The molecule has 2 heterocycles. The molecule has 0 aliphatic rings. The van der Waals surface area contributed by atoms with Gasteiger partial charge in [-0.3, -0.25) is 0 Å². The van der Waals surface area contributed by atoms with E-state index in [9.17, 15) is 0 Å². The predicted octanol–water partition coefficient (Wildman–Crippen LogP) is 4.35. The molecule has 7 nitrogen and oxygen atoms in total. The van der Waals surface area contributed by atoms with Crippen molar-refractivity contribution in [3.05, 3.63) is 72.3 Å². The number of hydrogen-bond acceptors (Lipinski definition) is 6. The van der Waals surface area contributed by atoms with Gasteiger partial charge < -0.3 is 15.3 Å². The van der Waals surface area contributed by atoms with Crippen molar-refractivity contribution in [1.82, 2.24) is 14.6 Å². The van der Waals surface area contributed by atoms with Crippen LogP contribution >= 0.6 is 0 Å². The van der Waals surface area contributed by atoms with Crippen molar-refractivity contribution in [3.63, 3.8) is 0 Å². The second-order valence-electron chi connectivity index (χ2n) is 6.23. The third-order valence-electron chi connectivity index (χ3n) is 4.45. The molecule has 0 spiro atoms. The number of aromatic nitrogens is 3. The fourth-order valence-corrected chi connectivity index (χ4v) is 2.92. The van der Waals surface area contributed by atoms with E-state index in [-0.39, 0.29) is 0 Å². The van der Waals surface area contributed by atoms with Crippen molar-refractivity contribution in [1.29, 1.82) is 0 Å². The van der Waals surface area contributed by atoms with E-state index in [4.69, 9.17) is 9.94 Å². The standard InChI is InChI=1S/C21H19N5O2/c1-14(25-27)15-6-10-17(11-7-15)22-21-23-20-5-3-4-19(26(20)24-21)16-8-12-18(28-2)13-9-16/h3-13,27H,1-2H3,(H,22,24)/b25-14+. The largest absolute Gasteiger partial charge is 0.497 e. The fourth-order valence-electron chi connectivity index (χ4n) is 2.92. The number of pyridine rings is 1. The Balaban J connectivity index is 1.64. The molecular formula is C21H19N5O2. The SMILES string of the molecule is COc1ccc(-c2cccc3nc(Nc4ccc(/C(C)=N/O)cc4)nn23)cc1. The summed E-state index contributed by atoms with van der Waals surface area (Å²) >= 11 is 0. The van der Waals surface area contributed by atoms with Crippen LogP contribution in [0.5, 0.6) is 5.75 Å². The molecule has 0 unspecified atom stereocenters. The van der Waals surface area contributed by atoms with Gasteiger partial charge in [-0.1, -0.05) is 23.4 Å². The van der Waals surface area contributed by atoms with E-state index in [1.807, 2.05) is 66.7 Å². The molecule has 140 valence electrons. The van der Waals surface area contributed by atoms with Crippen LogP contribution in [0.15, 0.2) is 71.9 Å². The number of methoxy groups -OCH3 is 1. The third kappa shape index (κ3) is 3.37. The molecule has 2 aromatic heterocycles. The van der Waals surface area contributed by atoms with E-state index in [1.165, 1.54) is 0 Å². The van der Waals surface area contributed by atoms with E-state index in [0.717, 1.165) is 33.9 Å². The van der Waals surface area contributed by atoms with Crippen molar-refractivity contribution in [2.75, 3.05) is 12.4 Å². The monoisotopic (exact) mass is 373 g/mol. The van der Waals surface area contributed by atoms with Crippen LogP contribution in [0.4, 0.5) is 11.6 Å². The van der Waals surface area contributed by atoms with Gasteiger partial charge in [0.15, 0.2) is 5.65 Å². The maximum Gasteiger partial charge on any atom is 0.247 e. The number of ether oxygens (including phenoxy) is 1. The lowest BCUT2D eigenvalue weighted by Crippen LogP contribution is -1.97. The lowest BCUT2D eigenvalue weighted by Gasteiger charge is -2.05. The van der Waals surface area contributed by atoms with Crippen LogP contribution in [0.2, 0.25) is 0 Å². The van der Waals surface area contributed by atoms with E-state index < -0.39 is 0 Å². The van der Waals surface area contributed by atoms with Crippen LogP contribution in [0.1, 0.15) is 12.5 Å². The Morgan fingerprint density at radius 1 is 1.04 bits per heavy atom.